The van der Waals surface area contributed by atoms with Crippen molar-refractivity contribution in [2.45, 2.75) is 12.5 Å². The Morgan fingerprint density at radius 1 is 1.60 bits per heavy atom. The van der Waals surface area contributed by atoms with Crippen LogP contribution in [0.1, 0.15) is 6.42 Å². The van der Waals surface area contributed by atoms with Crippen molar-refractivity contribution in [1.82, 2.24) is 4.31 Å². The van der Waals surface area contributed by atoms with Gasteiger partial charge in [0.25, 0.3) is 9.24 Å². The number of nitrogens with two attached hydrogens (primary N) is 1. The minimum absolute atomic E-state index is 0.0477. The molecule has 1 fully saturated rings. The van der Waals surface area contributed by atoms with Crippen LogP contribution in [0.4, 0.5) is 0 Å². The smallest absolute Gasteiger partial charge is 0.299 e. The van der Waals surface area contributed by atoms with Crippen LogP contribution in [-0.4, -0.2) is 31.9 Å². The minimum Gasteiger partial charge on any atom is -0.326 e. The summed E-state index contributed by atoms with van der Waals surface area (Å²) in [6.07, 6.45) is 0.700. The van der Waals surface area contributed by atoms with Crippen molar-refractivity contribution < 1.29 is 8.42 Å². The molecule has 0 aromatic heterocycles. The van der Waals surface area contributed by atoms with E-state index in [9.17, 15) is 8.42 Å². The molecular weight excluding hydrogens is 176 g/mol. The molecule has 1 heterocycles. The Labute approximate surface area is 64.5 Å². The third-order valence-corrected chi connectivity index (χ3v) is 3.03. The molecule has 0 aromatic rings. The van der Waals surface area contributed by atoms with E-state index in [-0.39, 0.29) is 6.04 Å². The van der Waals surface area contributed by atoms with Crippen molar-refractivity contribution in [3.05, 3.63) is 0 Å². The van der Waals surface area contributed by atoms with E-state index >= 15 is 0 Å². The van der Waals surface area contributed by atoms with Crippen LogP contribution in [0.2, 0.25) is 0 Å². The second kappa shape index (κ2) is 2.65. The van der Waals surface area contributed by atoms with E-state index in [0.29, 0.717) is 19.5 Å². The molecule has 1 aliphatic heterocycles. The molecule has 1 aliphatic rings. The number of hydrogen-bond donors (Lipinski definition) is 1. The maximum atomic E-state index is 10.6. The zero-order valence-electron chi connectivity index (χ0n) is 5.33. The van der Waals surface area contributed by atoms with Gasteiger partial charge >= 0.3 is 0 Å². The van der Waals surface area contributed by atoms with E-state index in [1.807, 2.05) is 0 Å². The van der Waals surface area contributed by atoms with E-state index in [2.05, 4.69) is 0 Å². The van der Waals surface area contributed by atoms with Crippen molar-refractivity contribution in [2.24, 2.45) is 5.73 Å². The van der Waals surface area contributed by atoms with Crippen LogP contribution in [0, 0.1) is 0 Å². The molecule has 0 radical (unpaired) electrons. The highest BCUT2D eigenvalue weighted by Gasteiger charge is 2.27. The highest BCUT2D eigenvalue weighted by Crippen LogP contribution is 2.14. The van der Waals surface area contributed by atoms with E-state index in [1.165, 1.54) is 4.31 Å². The number of halogens is 1. The lowest BCUT2D eigenvalue weighted by Gasteiger charge is -2.08. The first-order valence-electron chi connectivity index (χ1n) is 2.95. The Hall–Kier alpha value is 0.160. The van der Waals surface area contributed by atoms with E-state index in [1.54, 1.807) is 0 Å². The third kappa shape index (κ3) is 1.82. The summed E-state index contributed by atoms with van der Waals surface area (Å²) in [6.45, 7) is 0.804. The summed E-state index contributed by atoms with van der Waals surface area (Å²) in [5, 5.41) is 0. The summed E-state index contributed by atoms with van der Waals surface area (Å²) in [7, 11) is 1.54. The number of nitrogens with zero attached hydrogens (tertiary/aromatic N) is 1. The molecule has 10 heavy (non-hydrogen) atoms. The first-order valence-corrected chi connectivity index (χ1v) is 5.22. The molecule has 0 aliphatic carbocycles. The van der Waals surface area contributed by atoms with Crippen LogP contribution in [0.3, 0.4) is 0 Å². The quantitative estimate of drug-likeness (QED) is 0.559. The Bertz CT molecular complexity index is 215. The van der Waals surface area contributed by atoms with Gasteiger partial charge in [0.1, 0.15) is 0 Å². The molecule has 0 spiro atoms. The normalized spacial score (nSPS) is 29.2. The van der Waals surface area contributed by atoms with E-state index in [4.69, 9.17) is 16.4 Å². The molecule has 1 rings (SSSR count). The van der Waals surface area contributed by atoms with Crippen molar-refractivity contribution in [1.29, 1.82) is 0 Å². The highest BCUT2D eigenvalue weighted by atomic mass is 35.7. The number of rotatable bonds is 1. The summed E-state index contributed by atoms with van der Waals surface area (Å²) >= 11 is 0. The first-order chi connectivity index (χ1) is 4.50. The van der Waals surface area contributed by atoms with Crippen molar-refractivity contribution in [3.63, 3.8) is 0 Å². The molecule has 0 bridgehead atoms. The van der Waals surface area contributed by atoms with Gasteiger partial charge in [0, 0.05) is 29.8 Å². The summed E-state index contributed by atoms with van der Waals surface area (Å²) in [4.78, 5) is 0. The fraction of sp³-hybridized carbons (Fsp3) is 1.00. The van der Waals surface area contributed by atoms with E-state index < -0.39 is 9.24 Å². The van der Waals surface area contributed by atoms with Crippen molar-refractivity contribution >= 4 is 19.9 Å². The lowest BCUT2D eigenvalue weighted by Crippen LogP contribution is -2.28. The van der Waals surface area contributed by atoms with Crippen LogP contribution >= 0.6 is 10.7 Å². The zero-order valence-corrected chi connectivity index (χ0v) is 6.90. The molecule has 0 saturated carbocycles. The van der Waals surface area contributed by atoms with Gasteiger partial charge < -0.3 is 5.73 Å². The molecule has 1 saturated heterocycles. The average molecular weight is 185 g/mol. The molecule has 4 nitrogen and oxygen atoms in total. The molecule has 1 unspecified atom stereocenters. The van der Waals surface area contributed by atoms with Crippen LogP contribution in [0.25, 0.3) is 0 Å². The molecule has 60 valence electrons. The van der Waals surface area contributed by atoms with Gasteiger partial charge in [-0.05, 0) is 6.42 Å². The van der Waals surface area contributed by atoms with Gasteiger partial charge in [0.15, 0.2) is 0 Å². The molecule has 0 aromatic carbocycles. The minimum atomic E-state index is -3.51. The zero-order chi connectivity index (χ0) is 7.78. The lowest BCUT2D eigenvalue weighted by atomic mass is 10.3. The predicted octanol–water partition coefficient (Wildman–Crippen LogP) is -0.497. The average Bonchev–Trinajstić information content (AvgIpc) is 2.11. The Morgan fingerprint density at radius 2 is 2.20 bits per heavy atom. The van der Waals surface area contributed by atoms with Crippen LogP contribution in [0.5, 0.6) is 0 Å². The fourth-order valence-electron chi connectivity index (χ4n) is 0.952. The first kappa shape index (κ1) is 8.26. The second-order valence-electron chi connectivity index (χ2n) is 2.35. The molecular formula is C4H9ClN2O2S. The topological polar surface area (TPSA) is 63.4 Å². The summed E-state index contributed by atoms with van der Waals surface area (Å²) in [5.41, 5.74) is 5.46. The largest absolute Gasteiger partial charge is 0.326 e. The lowest BCUT2D eigenvalue weighted by molar-refractivity contribution is 0.486. The highest BCUT2D eigenvalue weighted by molar-refractivity contribution is 8.11. The van der Waals surface area contributed by atoms with Crippen LogP contribution in [0.15, 0.2) is 0 Å². The molecule has 2 N–H and O–H groups in total. The maximum absolute atomic E-state index is 10.6. The van der Waals surface area contributed by atoms with Crippen molar-refractivity contribution in [2.75, 3.05) is 13.1 Å². The molecule has 0 amide bonds. The summed E-state index contributed by atoms with van der Waals surface area (Å²) < 4.78 is 22.4. The van der Waals surface area contributed by atoms with Crippen molar-refractivity contribution in [3.8, 4) is 0 Å². The predicted molar refractivity (Wildman–Crippen MR) is 38.9 cm³/mol. The maximum Gasteiger partial charge on any atom is 0.299 e. The third-order valence-electron chi connectivity index (χ3n) is 1.50. The van der Waals surface area contributed by atoms with Crippen LogP contribution < -0.4 is 5.73 Å². The van der Waals surface area contributed by atoms with Gasteiger partial charge in [-0.3, -0.25) is 0 Å². The van der Waals surface area contributed by atoms with Crippen LogP contribution in [-0.2, 0) is 9.24 Å². The summed E-state index contributed by atoms with van der Waals surface area (Å²) in [6, 6.07) is -0.0477. The Morgan fingerprint density at radius 3 is 2.40 bits per heavy atom. The van der Waals surface area contributed by atoms with Gasteiger partial charge in [-0.15, -0.1) is 0 Å². The van der Waals surface area contributed by atoms with Gasteiger partial charge in [0.05, 0.1) is 0 Å². The monoisotopic (exact) mass is 184 g/mol. The Kier molecular flexibility index (Phi) is 2.19. The fourth-order valence-corrected chi connectivity index (χ4v) is 2.02. The van der Waals surface area contributed by atoms with Gasteiger partial charge in [-0.2, -0.15) is 12.7 Å². The van der Waals surface area contributed by atoms with Gasteiger partial charge in [-0.1, -0.05) is 0 Å². The standard InChI is InChI=1S/C4H9ClN2O2S/c5-10(8,9)7-2-1-4(6)3-7/h4H,1-3,6H2. The van der Waals surface area contributed by atoms with Gasteiger partial charge in [-0.25, -0.2) is 0 Å². The molecule has 1 atom stereocenters. The second-order valence-corrected chi connectivity index (χ2v) is 4.86. The van der Waals surface area contributed by atoms with E-state index in [0.717, 1.165) is 0 Å². The summed E-state index contributed by atoms with van der Waals surface area (Å²) in [5.74, 6) is 0. The SMILES string of the molecule is NC1CCN(S(=O)(=O)Cl)C1. The van der Waals surface area contributed by atoms with Gasteiger partial charge in [0.2, 0.25) is 0 Å². The Balaban J connectivity index is 2.62. The number of hydrogen-bond acceptors (Lipinski definition) is 3. The molecule has 6 heteroatoms.